The summed E-state index contributed by atoms with van der Waals surface area (Å²) in [6, 6.07) is 0. The number of amides is 1. The predicted octanol–water partition coefficient (Wildman–Crippen LogP) is 0.412. The van der Waals surface area contributed by atoms with Crippen LogP contribution < -0.4 is 16.0 Å². The molecule has 3 N–H and O–H groups in total. The highest BCUT2D eigenvalue weighted by Crippen LogP contribution is 2.15. The molecule has 0 aliphatic carbocycles. The van der Waals surface area contributed by atoms with Crippen molar-refractivity contribution in [3.05, 3.63) is 11.6 Å². The molecule has 0 spiro atoms. The first kappa shape index (κ1) is 12.6. The molecule has 96 valence electrons. The van der Waals surface area contributed by atoms with E-state index < -0.39 is 0 Å². The number of carbonyl (C=O) groups excluding carboxylic acids is 1. The van der Waals surface area contributed by atoms with Crippen molar-refractivity contribution < 1.29 is 4.79 Å². The third kappa shape index (κ3) is 4.13. The van der Waals surface area contributed by atoms with E-state index in [1.54, 1.807) is 0 Å². The Kier molecular flexibility index (Phi) is 5.01. The molecule has 0 saturated carbocycles. The number of piperidine rings is 1. The van der Waals surface area contributed by atoms with Crippen LogP contribution in [0.5, 0.6) is 0 Å². The van der Waals surface area contributed by atoms with E-state index in [0.29, 0.717) is 0 Å². The first-order valence-electron chi connectivity index (χ1n) is 6.75. The SMILES string of the molecule is O=C(NCCC1CCNCC1)C1=CCNCC1. The van der Waals surface area contributed by atoms with Crippen LogP contribution in [0.2, 0.25) is 0 Å². The van der Waals surface area contributed by atoms with Gasteiger partial charge in [0.2, 0.25) is 5.91 Å². The summed E-state index contributed by atoms with van der Waals surface area (Å²) in [6.07, 6.45) is 6.49. The summed E-state index contributed by atoms with van der Waals surface area (Å²) in [5, 5.41) is 9.62. The zero-order valence-electron chi connectivity index (χ0n) is 10.4. The molecule has 0 aromatic rings. The van der Waals surface area contributed by atoms with Gasteiger partial charge in [0.1, 0.15) is 0 Å². The molecule has 0 radical (unpaired) electrons. The normalized spacial score (nSPS) is 22.0. The maximum Gasteiger partial charge on any atom is 0.246 e. The summed E-state index contributed by atoms with van der Waals surface area (Å²) in [5.41, 5.74) is 0.953. The third-order valence-corrected chi connectivity index (χ3v) is 3.65. The third-order valence-electron chi connectivity index (χ3n) is 3.65. The van der Waals surface area contributed by atoms with Crippen LogP contribution in [0.25, 0.3) is 0 Å². The van der Waals surface area contributed by atoms with Gasteiger partial charge in [-0.25, -0.2) is 0 Å². The topological polar surface area (TPSA) is 53.2 Å². The van der Waals surface area contributed by atoms with Crippen molar-refractivity contribution in [3.63, 3.8) is 0 Å². The van der Waals surface area contributed by atoms with E-state index in [1.807, 2.05) is 6.08 Å². The second-order valence-corrected chi connectivity index (χ2v) is 4.92. The minimum absolute atomic E-state index is 0.139. The highest BCUT2D eigenvalue weighted by molar-refractivity contribution is 5.93. The van der Waals surface area contributed by atoms with Gasteiger partial charge in [-0.05, 0) is 51.2 Å². The van der Waals surface area contributed by atoms with Gasteiger partial charge in [-0.2, -0.15) is 0 Å². The Morgan fingerprint density at radius 2 is 2.12 bits per heavy atom. The lowest BCUT2D eigenvalue weighted by molar-refractivity contribution is -0.117. The molecule has 0 aromatic heterocycles. The number of hydrogen-bond acceptors (Lipinski definition) is 3. The van der Waals surface area contributed by atoms with Crippen LogP contribution in [-0.2, 0) is 4.79 Å². The van der Waals surface area contributed by atoms with E-state index in [-0.39, 0.29) is 5.91 Å². The second-order valence-electron chi connectivity index (χ2n) is 4.92. The Labute approximate surface area is 103 Å². The molecule has 4 nitrogen and oxygen atoms in total. The molecule has 1 fully saturated rings. The predicted molar refractivity (Wildman–Crippen MR) is 68.8 cm³/mol. The Morgan fingerprint density at radius 1 is 1.29 bits per heavy atom. The molecule has 2 rings (SSSR count). The van der Waals surface area contributed by atoms with Gasteiger partial charge in [0.05, 0.1) is 0 Å². The number of hydrogen-bond donors (Lipinski definition) is 3. The van der Waals surface area contributed by atoms with E-state index >= 15 is 0 Å². The summed E-state index contributed by atoms with van der Waals surface area (Å²) in [7, 11) is 0. The van der Waals surface area contributed by atoms with Crippen LogP contribution in [0.3, 0.4) is 0 Å². The van der Waals surface area contributed by atoms with Crippen molar-refractivity contribution in [1.82, 2.24) is 16.0 Å². The Bertz CT molecular complexity index is 282. The van der Waals surface area contributed by atoms with Crippen LogP contribution in [0.4, 0.5) is 0 Å². The maximum absolute atomic E-state index is 11.8. The average Bonchev–Trinajstić information content (AvgIpc) is 2.41. The van der Waals surface area contributed by atoms with Crippen LogP contribution in [-0.4, -0.2) is 38.6 Å². The minimum Gasteiger partial charge on any atom is -0.352 e. The summed E-state index contributed by atoms with van der Waals surface area (Å²) in [6.45, 7) is 4.85. The summed E-state index contributed by atoms with van der Waals surface area (Å²) in [4.78, 5) is 11.8. The minimum atomic E-state index is 0.139. The lowest BCUT2D eigenvalue weighted by atomic mass is 9.95. The van der Waals surface area contributed by atoms with E-state index in [0.717, 1.165) is 57.1 Å². The molecule has 0 atom stereocenters. The first-order chi connectivity index (χ1) is 8.36. The van der Waals surface area contributed by atoms with Crippen LogP contribution in [0.1, 0.15) is 25.7 Å². The first-order valence-corrected chi connectivity index (χ1v) is 6.75. The van der Waals surface area contributed by atoms with Crippen molar-refractivity contribution >= 4 is 5.91 Å². The summed E-state index contributed by atoms with van der Waals surface area (Å²) >= 11 is 0. The van der Waals surface area contributed by atoms with Gasteiger partial charge in [0.25, 0.3) is 0 Å². The molecule has 1 amide bonds. The molecule has 0 unspecified atom stereocenters. The molecule has 2 aliphatic heterocycles. The Morgan fingerprint density at radius 3 is 2.82 bits per heavy atom. The van der Waals surface area contributed by atoms with Crippen LogP contribution >= 0.6 is 0 Å². The zero-order valence-corrected chi connectivity index (χ0v) is 10.4. The number of nitrogens with one attached hydrogen (secondary N) is 3. The van der Waals surface area contributed by atoms with E-state index in [2.05, 4.69) is 16.0 Å². The molecule has 2 heterocycles. The van der Waals surface area contributed by atoms with Gasteiger partial charge in [-0.15, -0.1) is 0 Å². The molecule has 17 heavy (non-hydrogen) atoms. The van der Waals surface area contributed by atoms with Gasteiger partial charge in [-0.1, -0.05) is 6.08 Å². The number of rotatable bonds is 4. The van der Waals surface area contributed by atoms with Crippen molar-refractivity contribution in [3.8, 4) is 0 Å². The van der Waals surface area contributed by atoms with Crippen LogP contribution in [0, 0.1) is 5.92 Å². The highest BCUT2D eigenvalue weighted by Gasteiger charge is 2.14. The summed E-state index contributed by atoms with van der Waals surface area (Å²) in [5.74, 6) is 0.930. The standard InChI is InChI=1S/C13H23N3O/c17-13(12-4-8-15-9-5-12)16-10-3-11-1-6-14-7-2-11/h4,11,14-15H,1-3,5-10H2,(H,16,17). The van der Waals surface area contributed by atoms with Crippen molar-refractivity contribution in [1.29, 1.82) is 0 Å². The lowest BCUT2D eigenvalue weighted by Crippen LogP contribution is -2.33. The van der Waals surface area contributed by atoms with E-state index in [9.17, 15) is 4.79 Å². The smallest absolute Gasteiger partial charge is 0.246 e. The summed E-state index contributed by atoms with van der Waals surface area (Å²) < 4.78 is 0. The van der Waals surface area contributed by atoms with Crippen molar-refractivity contribution in [2.45, 2.75) is 25.7 Å². The van der Waals surface area contributed by atoms with Crippen molar-refractivity contribution in [2.24, 2.45) is 5.92 Å². The Balaban J connectivity index is 1.63. The zero-order chi connectivity index (χ0) is 11.9. The van der Waals surface area contributed by atoms with Gasteiger partial charge >= 0.3 is 0 Å². The van der Waals surface area contributed by atoms with E-state index in [4.69, 9.17) is 0 Å². The quantitative estimate of drug-likeness (QED) is 0.664. The molecular formula is C13H23N3O. The fourth-order valence-electron chi connectivity index (χ4n) is 2.50. The molecule has 2 aliphatic rings. The number of carbonyl (C=O) groups is 1. The van der Waals surface area contributed by atoms with Gasteiger partial charge in [0, 0.05) is 18.7 Å². The monoisotopic (exact) mass is 237 g/mol. The molecule has 4 heteroatoms. The van der Waals surface area contributed by atoms with E-state index in [1.165, 1.54) is 12.8 Å². The maximum atomic E-state index is 11.8. The Hall–Kier alpha value is -0.870. The molecular weight excluding hydrogens is 214 g/mol. The van der Waals surface area contributed by atoms with Gasteiger partial charge in [0.15, 0.2) is 0 Å². The fourth-order valence-corrected chi connectivity index (χ4v) is 2.50. The molecule has 0 bridgehead atoms. The fraction of sp³-hybridized carbons (Fsp3) is 0.769. The van der Waals surface area contributed by atoms with Gasteiger partial charge in [-0.3, -0.25) is 4.79 Å². The molecule has 1 saturated heterocycles. The highest BCUT2D eigenvalue weighted by atomic mass is 16.1. The largest absolute Gasteiger partial charge is 0.352 e. The van der Waals surface area contributed by atoms with Crippen molar-refractivity contribution in [2.75, 3.05) is 32.7 Å². The molecule has 0 aromatic carbocycles. The van der Waals surface area contributed by atoms with Gasteiger partial charge < -0.3 is 16.0 Å². The second kappa shape index (κ2) is 6.77. The van der Waals surface area contributed by atoms with Crippen LogP contribution in [0.15, 0.2) is 11.6 Å². The average molecular weight is 237 g/mol. The lowest BCUT2D eigenvalue weighted by Gasteiger charge is -2.22.